The number of nitrogens with one attached hydrogen (secondary N) is 1. The second-order valence-electron chi connectivity index (χ2n) is 4.44. The van der Waals surface area contributed by atoms with Crippen LogP contribution in [-0.4, -0.2) is 28.3 Å². The average molecular weight is 288 g/mol. The normalized spacial score (nSPS) is 11.9. The maximum atomic E-state index is 11.4. The first-order chi connectivity index (χ1) is 10.1. The van der Waals surface area contributed by atoms with Crippen LogP contribution in [0.25, 0.3) is 0 Å². The summed E-state index contributed by atoms with van der Waals surface area (Å²) >= 11 is 0. The second kappa shape index (κ2) is 6.71. The third-order valence-corrected chi connectivity index (χ3v) is 3.04. The summed E-state index contributed by atoms with van der Waals surface area (Å²) in [6.07, 6.45) is 3.30. The van der Waals surface area contributed by atoms with Crippen LogP contribution >= 0.6 is 0 Å². The SMILES string of the molecule is COc1cc(C(NCc2ccncc2)C(=O)O)ccc1O. The van der Waals surface area contributed by atoms with Gasteiger partial charge in [-0.25, -0.2) is 0 Å². The fourth-order valence-electron chi connectivity index (χ4n) is 1.94. The van der Waals surface area contributed by atoms with E-state index in [4.69, 9.17) is 4.74 Å². The molecule has 0 aliphatic rings. The summed E-state index contributed by atoms with van der Waals surface area (Å²) < 4.78 is 5.00. The lowest BCUT2D eigenvalue weighted by Gasteiger charge is -2.16. The molecule has 21 heavy (non-hydrogen) atoms. The van der Waals surface area contributed by atoms with Crippen molar-refractivity contribution < 1.29 is 19.7 Å². The molecule has 0 saturated heterocycles. The van der Waals surface area contributed by atoms with Crippen LogP contribution in [0, 0.1) is 0 Å². The number of carbonyl (C=O) groups is 1. The molecule has 3 N–H and O–H groups in total. The fourth-order valence-corrected chi connectivity index (χ4v) is 1.94. The zero-order valence-corrected chi connectivity index (χ0v) is 11.5. The van der Waals surface area contributed by atoms with E-state index in [1.54, 1.807) is 18.5 Å². The van der Waals surface area contributed by atoms with Crippen LogP contribution in [0.5, 0.6) is 11.5 Å². The molecule has 1 aromatic heterocycles. The van der Waals surface area contributed by atoms with Gasteiger partial charge in [-0.2, -0.15) is 0 Å². The van der Waals surface area contributed by atoms with Crippen LogP contribution in [-0.2, 0) is 11.3 Å². The molecule has 0 aliphatic carbocycles. The molecule has 0 bridgehead atoms. The van der Waals surface area contributed by atoms with E-state index in [0.29, 0.717) is 12.1 Å². The Bertz CT molecular complexity index is 616. The minimum absolute atomic E-state index is 0.0282. The predicted octanol–water partition coefficient (Wildman–Crippen LogP) is 1.71. The lowest BCUT2D eigenvalue weighted by atomic mass is 10.1. The third kappa shape index (κ3) is 3.70. The van der Waals surface area contributed by atoms with Gasteiger partial charge in [-0.05, 0) is 35.4 Å². The first kappa shape index (κ1) is 14.8. The number of ether oxygens (including phenoxy) is 1. The maximum Gasteiger partial charge on any atom is 0.325 e. The van der Waals surface area contributed by atoms with E-state index >= 15 is 0 Å². The molecule has 6 heteroatoms. The van der Waals surface area contributed by atoms with E-state index in [-0.39, 0.29) is 11.5 Å². The maximum absolute atomic E-state index is 11.4. The molecule has 0 fully saturated rings. The lowest BCUT2D eigenvalue weighted by Crippen LogP contribution is -2.28. The quantitative estimate of drug-likeness (QED) is 0.749. The summed E-state index contributed by atoms with van der Waals surface area (Å²) in [6, 6.07) is 7.20. The Morgan fingerprint density at radius 3 is 2.67 bits per heavy atom. The monoisotopic (exact) mass is 288 g/mol. The number of methoxy groups -OCH3 is 1. The standard InChI is InChI=1S/C15H16N2O4/c1-21-13-8-11(2-3-12(13)18)14(15(19)20)17-9-10-4-6-16-7-5-10/h2-8,14,17-18H,9H2,1H3,(H,19,20). The van der Waals surface area contributed by atoms with E-state index in [0.717, 1.165) is 5.56 Å². The van der Waals surface area contributed by atoms with Gasteiger partial charge in [-0.15, -0.1) is 0 Å². The third-order valence-electron chi connectivity index (χ3n) is 3.04. The van der Waals surface area contributed by atoms with Gasteiger partial charge in [0.25, 0.3) is 0 Å². The Morgan fingerprint density at radius 2 is 2.05 bits per heavy atom. The number of phenolic OH excluding ortho intramolecular Hbond substituents is 1. The molecule has 0 saturated carbocycles. The van der Waals surface area contributed by atoms with Crippen molar-refractivity contribution in [1.29, 1.82) is 0 Å². The highest BCUT2D eigenvalue weighted by molar-refractivity contribution is 5.76. The van der Waals surface area contributed by atoms with Gasteiger partial charge >= 0.3 is 5.97 Å². The second-order valence-corrected chi connectivity index (χ2v) is 4.44. The molecule has 0 amide bonds. The van der Waals surface area contributed by atoms with Crippen LogP contribution in [0.2, 0.25) is 0 Å². The number of aromatic hydroxyl groups is 1. The first-order valence-electron chi connectivity index (χ1n) is 6.34. The summed E-state index contributed by atoms with van der Waals surface area (Å²) in [5, 5.41) is 21.9. The first-order valence-corrected chi connectivity index (χ1v) is 6.34. The molecule has 0 spiro atoms. The van der Waals surface area contributed by atoms with Crippen molar-refractivity contribution in [2.45, 2.75) is 12.6 Å². The summed E-state index contributed by atoms with van der Waals surface area (Å²) in [6.45, 7) is 0.392. The zero-order chi connectivity index (χ0) is 15.2. The Kier molecular flexibility index (Phi) is 4.73. The van der Waals surface area contributed by atoms with Crippen molar-refractivity contribution >= 4 is 5.97 Å². The van der Waals surface area contributed by atoms with Crippen molar-refractivity contribution in [2.24, 2.45) is 0 Å². The summed E-state index contributed by atoms with van der Waals surface area (Å²) in [7, 11) is 1.42. The van der Waals surface area contributed by atoms with Crippen LogP contribution in [0.15, 0.2) is 42.7 Å². The molecular weight excluding hydrogens is 272 g/mol. The Hall–Kier alpha value is -2.60. The summed E-state index contributed by atoms with van der Waals surface area (Å²) in [5.41, 5.74) is 1.44. The summed E-state index contributed by atoms with van der Waals surface area (Å²) in [5.74, 6) is -0.791. The number of benzene rings is 1. The van der Waals surface area contributed by atoms with Gasteiger partial charge in [0, 0.05) is 18.9 Å². The highest BCUT2D eigenvalue weighted by atomic mass is 16.5. The fraction of sp³-hybridized carbons (Fsp3) is 0.200. The molecule has 0 aliphatic heterocycles. The molecule has 110 valence electrons. The van der Waals surface area contributed by atoms with E-state index in [9.17, 15) is 15.0 Å². The van der Waals surface area contributed by atoms with Gasteiger partial charge in [0.05, 0.1) is 7.11 Å². The summed E-state index contributed by atoms with van der Waals surface area (Å²) in [4.78, 5) is 15.3. The molecule has 1 heterocycles. The highest BCUT2D eigenvalue weighted by Crippen LogP contribution is 2.29. The zero-order valence-electron chi connectivity index (χ0n) is 11.5. The predicted molar refractivity (Wildman–Crippen MR) is 76.1 cm³/mol. The molecule has 6 nitrogen and oxygen atoms in total. The number of hydrogen-bond donors (Lipinski definition) is 3. The van der Waals surface area contributed by atoms with Crippen molar-refractivity contribution in [3.05, 3.63) is 53.9 Å². The topological polar surface area (TPSA) is 91.7 Å². The number of nitrogens with zero attached hydrogens (tertiary/aromatic N) is 1. The minimum Gasteiger partial charge on any atom is -0.504 e. The number of pyridine rings is 1. The van der Waals surface area contributed by atoms with Gasteiger partial charge < -0.3 is 14.9 Å². The van der Waals surface area contributed by atoms with Crippen molar-refractivity contribution in [3.8, 4) is 11.5 Å². The number of hydrogen-bond acceptors (Lipinski definition) is 5. The smallest absolute Gasteiger partial charge is 0.325 e. The van der Waals surface area contributed by atoms with Crippen molar-refractivity contribution in [3.63, 3.8) is 0 Å². The van der Waals surface area contributed by atoms with Crippen molar-refractivity contribution in [2.75, 3.05) is 7.11 Å². The van der Waals surface area contributed by atoms with E-state index < -0.39 is 12.0 Å². The number of carboxylic acid groups (broad SMARTS) is 1. The van der Waals surface area contributed by atoms with Crippen LogP contribution < -0.4 is 10.1 Å². The number of aliphatic carboxylic acids is 1. The number of aromatic nitrogens is 1. The highest BCUT2D eigenvalue weighted by Gasteiger charge is 2.20. The molecule has 0 radical (unpaired) electrons. The number of phenols is 1. The number of rotatable bonds is 6. The van der Waals surface area contributed by atoms with Gasteiger partial charge in [0.15, 0.2) is 11.5 Å². The van der Waals surface area contributed by atoms with Crippen LogP contribution in [0.4, 0.5) is 0 Å². The van der Waals surface area contributed by atoms with Gasteiger partial charge in [0.2, 0.25) is 0 Å². The van der Waals surface area contributed by atoms with Crippen LogP contribution in [0.3, 0.4) is 0 Å². The van der Waals surface area contributed by atoms with Gasteiger partial charge in [0.1, 0.15) is 6.04 Å². The average Bonchev–Trinajstić information content (AvgIpc) is 2.49. The molecule has 1 unspecified atom stereocenters. The molecular formula is C15H16N2O4. The largest absolute Gasteiger partial charge is 0.504 e. The lowest BCUT2D eigenvalue weighted by molar-refractivity contribution is -0.139. The van der Waals surface area contributed by atoms with Gasteiger partial charge in [-0.3, -0.25) is 15.1 Å². The minimum atomic E-state index is -1.00. The van der Waals surface area contributed by atoms with E-state index in [2.05, 4.69) is 10.3 Å². The Labute approximate surface area is 122 Å². The van der Waals surface area contributed by atoms with E-state index in [1.807, 2.05) is 12.1 Å². The molecule has 2 aromatic rings. The Morgan fingerprint density at radius 1 is 1.33 bits per heavy atom. The molecule has 1 aromatic carbocycles. The van der Waals surface area contributed by atoms with Crippen molar-refractivity contribution in [1.82, 2.24) is 10.3 Å². The molecule has 2 rings (SSSR count). The van der Waals surface area contributed by atoms with E-state index in [1.165, 1.54) is 19.2 Å². The Balaban J connectivity index is 2.17. The van der Waals surface area contributed by atoms with Gasteiger partial charge in [-0.1, -0.05) is 6.07 Å². The molecule has 1 atom stereocenters. The number of carboxylic acids is 1. The van der Waals surface area contributed by atoms with Crippen LogP contribution in [0.1, 0.15) is 17.2 Å².